The van der Waals surface area contributed by atoms with Gasteiger partial charge in [0.25, 0.3) is 0 Å². The first-order chi connectivity index (χ1) is 7.49. The molecule has 0 fully saturated rings. The summed E-state index contributed by atoms with van der Waals surface area (Å²) in [6, 6.07) is 5.42. The number of carbonyl (C=O) groups excluding carboxylic acids is 2. The highest BCUT2D eigenvalue weighted by Gasteiger charge is 2.13. The summed E-state index contributed by atoms with van der Waals surface area (Å²) >= 11 is 0. The van der Waals surface area contributed by atoms with Gasteiger partial charge in [-0.05, 0) is 18.1 Å². The minimum absolute atomic E-state index is 0.0933. The van der Waals surface area contributed by atoms with E-state index in [9.17, 15) is 14.0 Å². The molecule has 0 saturated carbocycles. The Hall–Kier alpha value is -1.51. The fraction of sp³-hybridized carbons (Fsp3) is 0.385. The van der Waals surface area contributed by atoms with Crippen molar-refractivity contribution >= 4 is 11.6 Å². The molecule has 0 amide bonds. The highest BCUT2D eigenvalue weighted by Crippen LogP contribution is 2.09. The van der Waals surface area contributed by atoms with Gasteiger partial charge in [0.05, 0.1) is 6.42 Å². The molecule has 86 valence electrons. The van der Waals surface area contributed by atoms with Crippen molar-refractivity contribution in [2.45, 2.75) is 26.7 Å². The lowest BCUT2D eigenvalue weighted by Crippen LogP contribution is -2.10. The van der Waals surface area contributed by atoms with E-state index in [1.807, 2.05) is 13.8 Å². The van der Waals surface area contributed by atoms with Gasteiger partial charge < -0.3 is 0 Å². The van der Waals surface area contributed by atoms with Crippen LogP contribution in [0.25, 0.3) is 0 Å². The Kier molecular flexibility index (Phi) is 4.35. The van der Waals surface area contributed by atoms with Crippen LogP contribution in [-0.2, 0) is 4.79 Å². The molecule has 0 aromatic heterocycles. The Labute approximate surface area is 94.5 Å². The predicted molar refractivity (Wildman–Crippen MR) is 59.8 cm³/mol. The molecule has 2 nitrogen and oxygen atoms in total. The number of hydrogen-bond donors (Lipinski definition) is 0. The topological polar surface area (TPSA) is 34.1 Å². The van der Waals surface area contributed by atoms with E-state index < -0.39 is 5.82 Å². The van der Waals surface area contributed by atoms with Crippen LogP contribution >= 0.6 is 0 Å². The van der Waals surface area contributed by atoms with Gasteiger partial charge in [0.15, 0.2) is 5.78 Å². The van der Waals surface area contributed by atoms with Crippen molar-refractivity contribution in [2.75, 3.05) is 0 Å². The molecule has 1 rings (SSSR count). The minimum atomic E-state index is -0.456. The minimum Gasteiger partial charge on any atom is -0.299 e. The molecule has 0 radical (unpaired) electrons. The van der Waals surface area contributed by atoms with E-state index in [0.29, 0.717) is 6.42 Å². The largest absolute Gasteiger partial charge is 0.299 e. The number of Topliss-reactive ketones (excluding diaryl/α,β-unsaturated/α-hetero) is 2. The average Bonchev–Trinajstić information content (AvgIpc) is 2.16. The standard InChI is InChI=1S/C13H15FO2/c1-9(2)6-12(15)8-13(16)10-4-3-5-11(14)7-10/h3-5,7,9H,6,8H2,1-2H3. The van der Waals surface area contributed by atoms with Crippen LogP contribution in [-0.4, -0.2) is 11.6 Å². The fourth-order valence-corrected chi connectivity index (χ4v) is 1.47. The van der Waals surface area contributed by atoms with Gasteiger partial charge in [0, 0.05) is 12.0 Å². The van der Waals surface area contributed by atoms with Crippen molar-refractivity contribution in [3.8, 4) is 0 Å². The summed E-state index contributed by atoms with van der Waals surface area (Å²) in [4.78, 5) is 23.0. The number of halogens is 1. The Morgan fingerprint density at radius 3 is 2.56 bits per heavy atom. The summed E-state index contributed by atoms with van der Waals surface area (Å²) in [5, 5.41) is 0. The van der Waals surface area contributed by atoms with Crippen LogP contribution in [0.4, 0.5) is 4.39 Å². The van der Waals surface area contributed by atoms with Crippen molar-refractivity contribution in [3.63, 3.8) is 0 Å². The van der Waals surface area contributed by atoms with Crippen molar-refractivity contribution in [2.24, 2.45) is 5.92 Å². The van der Waals surface area contributed by atoms with E-state index in [4.69, 9.17) is 0 Å². The normalized spacial score (nSPS) is 10.5. The highest BCUT2D eigenvalue weighted by molar-refractivity contribution is 6.07. The molecular weight excluding hydrogens is 207 g/mol. The Morgan fingerprint density at radius 1 is 1.31 bits per heavy atom. The summed E-state index contributed by atoms with van der Waals surface area (Å²) in [7, 11) is 0. The molecule has 0 aliphatic heterocycles. The Bertz CT molecular complexity index is 397. The zero-order valence-corrected chi connectivity index (χ0v) is 9.50. The molecule has 0 spiro atoms. The van der Waals surface area contributed by atoms with E-state index in [0.717, 1.165) is 6.07 Å². The zero-order chi connectivity index (χ0) is 12.1. The summed E-state index contributed by atoms with van der Waals surface area (Å²) in [5.41, 5.74) is 0.261. The second-order valence-corrected chi connectivity index (χ2v) is 4.25. The Morgan fingerprint density at radius 2 is 2.00 bits per heavy atom. The zero-order valence-electron chi connectivity index (χ0n) is 9.50. The molecule has 0 atom stereocenters. The van der Waals surface area contributed by atoms with Gasteiger partial charge in [-0.15, -0.1) is 0 Å². The van der Waals surface area contributed by atoms with Crippen molar-refractivity contribution < 1.29 is 14.0 Å². The quantitative estimate of drug-likeness (QED) is 0.567. The lowest BCUT2D eigenvalue weighted by atomic mass is 10.0. The van der Waals surface area contributed by atoms with E-state index in [-0.39, 0.29) is 29.5 Å². The smallest absolute Gasteiger partial charge is 0.170 e. The van der Waals surface area contributed by atoms with Crippen LogP contribution in [0.1, 0.15) is 37.0 Å². The van der Waals surface area contributed by atoms with E-state index >= 15 is 0 Å². The first-order valence-electron chi connectivity index (χ1n) is 5.29. The van der Waals surface area contributed by atoms with Gasteiger partial charge in [0.1, 0.15) is 11.6 Å². The SMILES string of the molecule is CC(C)CC(=O)CC(=O)c1cccc(F)c1. The number of benzene rings is 1. The molecular formula is C13H15FO2. The number of rotatable bonds is 5. The van der Waals surface area contributed by atoms with Crippen molar-refractivity contribution in [3.05, 3.63) is 35.6 Å². The van der Waals surface area contributed by atoms with Gasteiger partial charge in [-0.1, -0.05) is 26.0 Å². The molecule has 1 aromatic carbocycles. The van der Waals surface area contributed by atoms with Crippen molar-refractivity contribution in [1.82, 2.24) is 0 Å². The maximum absolute atomic E-state index is 12.8. The van der Waals surface area contributed by atoms with E-state index in [1.165, 1.54) is 18.2 Å². The van der Waals surface area contributed by atoms with E-state index in [2.05, 4.69) is 0 Å². The van der Waals surface area contributed by atoms with Gasteiger partial charge in [-0.2, -0.15) is 0 Å². The van der Waals surface area contributed by atoms with Crippen LogP contribution in [0, 0.1) is 11.7 Å². The molecule has 1 aromatic rings. The molecule has 0 bridgehead atoms. The molecule has 3 heteroatoms. The first kappa shape index (κ1) is 12.6. The molecule has 0 aliphatic rings. The monoisotopic (exact) mass is 222 g/mol. The van der Waals surface area contributed by atoms with Gasteiger partial charge in [0.2, 0.25) is 0 Å². The van der Waals surface area contributed by atoms with Crippen LogP contribution in [0.5, 0.6) is 0 Å². The summed E-state index contributed by atoms with van der Waals surface area (Å²) in [6.07, 6.45) is 0.253. The third kappa shape index (κ3) is 3.93. The maximum atomic E-state index is 12.8. The second-order valence-electron chi connectivity index (χ2n) is 4.25. The molecule has 0 aliphatic carbocycles. The Balaban J connectivity index is 2.62. The van der Waals surface area contributed by atoms with Gasteiger partial charge in [-0.25, -0.2) is 4.39 Å². The number of carbonyl (C=O) groups is 2. The molecule has 0 heterocycles. The van der Waals surface area contributed by atoms with Crippen LogP contribution < -0.4 is 0 Å². The molecule has 0 unspecified atom stereocenters. The second kappa shape index (κ2) is 5.54. The average molecular weight is 222 g/mol. The number of hydrogen-bond acceptors (Lipinski definition) is 2. The first-order valence-corrected chi connectivity index (χ1v) is 5.29. The lowest BCUT2D eigenvalue weighted by molar-refractivity contribution is -0.118. The third-order valence-electron chi connectivity index (χ3n) is 2.14. The highest BCUT2D eigenvalue weighted by atomic mass is 19.1. The summed E-state index contributed by atoms with van der Waals surface area (Å²) in [6.45, 7) is 3.84. The van der Waals surface area contributed by atoms with Crippen LogP contribution in [0.15, 0.2) is 24.3 Å². The molecule has 0 saturated heterocycles. The van der Waals surface area contributed by atoms with Crippen molar-refractivity contribution in [1.29, 1.82) is 0 Å². The number of ketones is 2. The fourth-order valence-electron chi connectivity index (χ4n) is 1.47. The van der Waals surface area contributed by atoms with E-state index in [1.54, 1.807) is 0 Å². The molecule has 0 N–H and O–H groups in total. The third-order valence-corrected chi connectivity index (χ3v) is 2.14. The van der Waals surface area contributed by atoms with Crippen LogP contribution in [0.3, 0.4) is 0 Å². The van der Waals surface area contributed by atoms with Crippen LogP contribution in [0.2, 0.25) is 0 Å². The van der Waals surface area contributed by atoms with Gasteiger partial charge in [-0.3, -0.25) is 9.59 Å². The molecule has 16 heavy (non-hydrogen) atoms. The summed E-state index contributed by atoms with van der Waals surface area (Å²) < 4.78 is 12.8. The lowest BCUT2D eigenvalue weighted by Gasteiger charge is -2.03. The summed E-state index contributed by atoms with van der Waals surface area (Å²) in [5.74, 6) is -0.621. The predicted octanol–water partition coefficient (Wildman–Crippen LogP) is 3.01. The van der Waals surface area contributed by atoms with Gasteiger partial charge >= 0.3 is 0 Å². The maximum Gasteiger partial charge on any atom is 0.170 e.